The number of ether oxygens (including phenoxy) is 1. The molecule has 2 heterocycles. The molecule has 3 rings (SSSR count). The smallest absolute Gasteiger partial charge is 0.141 e. The van der Waals surface area contributed by atoms with Crippen molar-refractivity contribution < 1.29 is 4.74 Å². The number of nitrogens with two attached hydrogens (primary N) is 1. The first kappa shape index (κ1) is 13.3. The molecule has 0 spiro atoms. The average molecular weight is 326 g/mol. The summed E-state index contributed by atoms with van der Waals surface area (Å²) in [6, 6.07) is 0. The number of halogens is 1. The summed E-state index contributed by atoms with van der Waals surface area (Å²) in [6.07, 6.45) is 7.04. The zero-order valence-electron chi connectivity index (χ0n) is 11.1. The summed E-state index contributed by atoms with van der Waals surface area (Å²) in [5.41, 5.74) is 7.16. The van der Waals surface area contributed by atoms with Gasteiger partial charge in [-0.25, -0.2) is 9.97 Å². The van der Waals surface area contributed by atoms with Crippen LogP contribution in [0.25, 0.3) is 0 Å². The minimum Gasteiger partial charge on any atom is -0.383 e. The van der Waals surface area contributed by atoms with Gasteiger partial charge in [-0.2, -0.15) is 0 Å². The van der Waals surface area contributed by atoms with E-state index in [1.807, 2.05) is 0 Å². The molecular weight excluding hydrogens is 306 g/mol. The average Bonchev–Trinajstić information content (AvgIpc) is 3.06. The first-order valence-electron chi connectivity index (χ1n) is 7.13. The number of rotatable bonds is 3. The van der Waals surface area contributed by atoms with E-state index in [0.717, 1.165) is 42.0 Å². The van der Waals surface area contributed by atoms with Gasteiger partial charge in [0.2, 0.25) is 0 Å². The molecular formula is C14H20BrN3O. The third kappa shape index (κ3) is 2.92. The van der Waals surface area contributed by atoms with Crippen LogP contribution >= 0.6 is 15.9 Å². The maximum Gasteiger partial charge on any atom is 0.141 e. The Labute approximate surface area is 122 Å². The Morgan fingerprint density at radius 2 is 2.00 bits per heavy atom. The highest BCUT2D eigenvalue weighted by Crippen LogP contribution is 2.38. The Balaban J connectivity index is 1.83. The van der Waals surface area contributed by atoms with Gasteiger partial charge in [-0.05, 0) is 41.1 Å². The summed E-state index contributed by atoms with van der Waals surface area (Å²) < 4.78 is 6.33. The largest absolute Gasteiger partial charge is 0.383 e. The van der Waals surface area contributed by atoms with Crippen LogP contribution in [0.3, 0.4) is 0 Å². The molecule has 2 N–H and O–H groups in total. The monoisotopic (exact) mass is 325 g/mol. The Morgan fingerprint density at radius 3 is 2.68 bits per heavy atom. The second-order valence-corrected chi connectivity index (χ2v) is 6.43. The molecule has 1 aliphatic heterocycles. The number of aromatic nitrogens is 2. The van der Waals surface area contributed by atoms with Crippen LogP contribution in [-0.4, -0.2) is 23.2 Å². The number of hydrogen-bond donors (Lipinski definition) is 1. The third-order valence-electron chi connectivity index (χ3n) is 4.19. The second kappa shape index (κ2) is 5.75. The second-order valence-electron chi connectivity index (χ2n) is 5.64. The number of hydrogen-bond acceptors (Lipinski definition) is 4. The number of anilines is 1. The summed E-state index contributed by atoms with van der Waals surface area (Å²) >= 11 is 3.56. The lowest BCUT2D eigenvalue weighted by atomic mass is 10.0. The molecule has 5 heteroatoms. The van der Waals surface area contributed by atoms with Gasteiger partial charge < -0.3 is 10.5 Å². The van der Waals surface area contributed by atoms with E-state index >= 15 is 0 Å². The maximum absolute atomic E-state index is 6.03. The standard InChI is InChI=1S/C14H20BrN3O/c15-12-13(10-3-1-2-4-10)17-11(18-14(12)16)7-9-5-6-19-8-9/h9-10H,1-8H2,(H2,16,17,18). The van der Waals surface area contributed by atoms with Gasteiger partial charge in [0.05, 0.1) is 10.2 Å². The maximum atomic E-state index is 6.03. The molecule has 104 valence electrons. The van der Waals surface area contributed by atoms with Crippen molar-refractivity contribution in [3.63, 3.8) is 0 Å². The molecule has 1 aliphatic carbocycles. The van der Waals surface area contributed by atoms with Gasteiger partial charge >= 0.3 is 0 Å². The fourth-order valence-corrected chi connectivity index (χ4v) is 3.60. The van der Waals surface area contributed by atoms with E-state index in [1.54, 1.807) is 0 Å². The summed E-state index contributed by atoms with van der Waals surface area (Å²) in [5.74, 6) is 2.58. The minimum atomic E-state index is 0.553. The van der Waals surface area contributed by atoms with E-state index in [1.165, 1.54) is 25.7 Å². The van der Waals surface area contributed by atoms with E-state index in [0.29, 0.717) is 17.7 Å². The van der Waals surface area contributed by atoms with E-state index < -0.39 is 0 Å². The Hall–Kier alpha value is -0.680. The van der Waals surface area contributed by atoms with Gasteiger partial charge in [0.15, 0.2) is 0 Å². The first-order chi connectivity index (χ1) is 9.24. The predicted molar refractivity (Wildman–Crippen MR) is 78.0 cm³/mol. The zero-order chi connectivity index (χ0) is 13.2. The molecule has 2 aliphatic rings. The summed E-state index contributed by atoms with van der Waals surface area (Å²) in [7, 11) is 0. The quantitative estimate of drug-likeness (QED) is 0.927. The van der Waals surface area contributed by atoms with Gasteiger partial charge in [-0.3, -0.25) is 0 Å². The van der Waals surface area contributed by atoms with Gasteiger partial charge in [0.1, 0.15) is 11.6 Å². The van der Waals surface area contributed by atoms with Crippen LogP contribution in [-0.2, 0) is 11.2 Å². The molecule has 1 atom stereocenters. The van der Waals surface area contributed by atoms with Crippen LogP contribution in [0.2, 0.25) is 0 Å². The summed E-state index contributed by atoms with van der Waals surface area (Å²) in [6.45, 7) is 1.70. The van der Waals surface area contributed by atoms with E-state index in [9.17, 15) is 0 Å². The van der Waals surface area contributed by atoms with Crippen molar-refractivity contribution in [1.29, 1.82) is 0 Å². The molecule has 19 heavy (non-hydrogen) atoms. The van der Waals surface area contributed by atoms with Crippen molar-refractivity contribution in [1.82, 2.24) is 9.97 Å². The van der Waals surface area contributed by atoms with Gasteiger partial charge in [-0.15, -0.1) is 0 Å². The van der Waals surface area contributed by atoms with Crippen molar-refractivity contribution in [3.05, 3.63) is 16.0 Å². The molecule has 1 aromatic rings. The fraction of sp³-hybridized carbons (Fsp3) is 0.714. The SMILES string of the molecule is Nc1nc(CC2CCOC2)nc(C2CCCC2)c1Br. The van der Waals surface area contributed by atoms with Crippen molar-refractivity contribution in [2.45, 2.75) is 44.4 Å². The van der Waals surface area contributed by atoms with E-state index in [2.05, 4.69) is 20.9 Å². The fourth-order valence-electron chi connectivity index (χ4n) is 3.10. The number of nitrogens with zero attached hydrogens (tertiary/aromatic N) is 2. The Kier molecular flexibility index (Phi) is 4.03. The molecule has 2 fully saturated rings. The lowest BCUT2D eigenvalue weighted by Gasteiger charge is -2.15. The van der Waals surface area contributed by atoms with Crippen LogP contribution in [0.5, 0.6) is 0 Å². The van der Waals surface area contributed by atoms with Gasteiger partial charge in [0.25, 0.3) is 0 Å². The molecule has 1 saturated carbocycles. The molecule has 1 aromatic heterocycles. The Bertz CT molecular complexity index is 454. The summed E-state index contributed by atoms with van der Waals surface area (Å²) in [5, 5.41) is 0. The lowest BCUT2D eigenvalue weighted by molar-refractivity contribution is 0.185. The molecule has 0 radical (unpaired) electrons. The third-order valence-corrected chi connectivity index (χ3v) is 5.00. The molecule has 1 unspecified atom stereocenters. The van der Waals surface area contributed by atoms with E-state index in [4.69, 9.17) is 15.5 Å². The molecule has 0 aromatic carbocycles. The predicted octanol–water partition coefficient (Wildman–Crippen LogP) is 3.06. The van der Waals surface area contributed by atoms with E-state index in [-0.39, 0.29) is 0 Å². The summed E-state index contributed by atoms with van der Waals surface area (Å²) in [4.78, 5) is 9.22. The van der Waals surface area contributed by atoms with Crippen molar-refractivity contribution >= 4 is 21.7 Å². The van der Waals surface area contributed by atoms with Crippen LogP contribution < -0.4 is 5.73 Å². The zero-order valence-corrected chi connectivity index (χ0v) is 12.7. The minimum absolute atomic E-state index is 0.553. The van der Waals surface area contributed by atoms with Gasteiger partial charge in [-0.1, -0.05) is 12.8 Å². The van der Waals surface area contributed by atoms with Crippen LogP contribution in [0.1, 0.15) is 49.5 Å². The lowest BCUT2D eigenvalue weighted by Crippen LogP contribution is -2.12. The van der Waals surface area contributed by atoms with Crippen molar-refractivity contribution in [2.75, 3.05) is 18.9 Å². The van der Waals surface area contributed by atoms with Crippen LogP contribution in [0.15, 0.2) is 4.47 Å². The highest BCUT2D eigenvalue weighted by molar-refractivity contribution is 9.10. The molecule has 0 amide bonds. The molecule has 0 bridgehead atoms. The Morgan fingerprint density at radius 1 is 1.21 bits per heavy atom. The van der Waals surface area contributed by atoms with Crippen LogP contribution in [0, 0.1) is 5.92 Å². The normalized spacial score (nSPS) is 24.2. The van der Waals surface area contributed by atoms with Crippen LogP contribution in [0.4, 0.5) is 5.82 Å². The number of nitrogen functional groups attached to an aromatic ring is 1. The topological polar surface area (TPSA) is 61.0 Å². The molecule has 1 saturated heterocycles. The van der Waals surface area contributed by atoms with Crippen molar-refractivity contribution in [3.8, 4) is 0 Å². The van der Waals surface area contributed by atoms with Gasteiger partial charge in [0, 0.05) is 25.6 Å². The highest BCUT2D eigenvalue weighted by Gasteiger charge is 2.24. The van der Waals surface area contributed by atoms with Crippen molar-refractivity contribution in [2.24, 2.45) is 5.92 Å². The highest BCUT2D eigenvalue weighted by atomic mass is 79.9. The molecule has 4 nitrogen and oxygen atoms in total. The first-order valence-corrected chi connectivity index (χ1v) is 7.93.